The van der Waals surface area contributed by atoms with Gasteiger partial charge in [0, 0.05) is 23.0 Å². The number of nitrogens with one attached hydrogen (secondary N) is 1. The van der Waals surface area contributed by atoms with Gasteiger partial charge in [-0.05, 0) is 68.1 Å². The van der Waals surface area contributed by atoms with Crippen molar-refractivity contribution in [1.82, 2.24) is 10.2 Å². The van der Waals surface area contributed by atoms with Gasteiger partial charge in [-0.15, -0.1) is 0 Å². The molecule has 0 aromatic heterocycles. The zero-order valence-corrected chi connectivity index (χ0v) is 19.3. The van der Waals surface area contributed by atoms with Crippen molar-refractivity contribution in [2.45, 2.75) is 45.7 Å². The zero-order chi connectivity index (χ0) is 22.4. The third-order valence-corrected chi connectivity index (χ3v) is 6.30. The number of methoxy groups -OCH3 is 1. The van der Waals surface area contributed by atoms with Crippen molar-refractivity contribution in [3.63, 3.8) is 0 Å². The van der Waals surface area contributed by atoms with Gasteiger partial charge in [-0.25, -0.2) is 4.39 Å². The van der Waals surface area contributed by atoms with E-state index in [4.69, 9.17) is 16.3 Å². The number of hydrogen-bond donors (Lipinski definition) is 1. The van der Waals surface area contributed by atoms with Crippen LogP contribution in [0.25, 0.3) is 0 Å². The van der Waals surface area contributed by atoms with Gasteiger partial charge in [-0.2, -0.15) is 0 Å². The van der Waals surface area contributed by atoms with Crippen molar-refractivity contribution in [2.24, 2.45) is 11.8 Å². The van der Waals surface area contributed by atoms with Crippen molar-refractivity contribution in [1.29, 1.82) is 0 Å². The highest BCUT2D eigenvalue weighted by atomic mass is 35.5. The zero-order valence-electron chi connectivity index (χ0n) is 18.5. The molecule has 2 aromatic carbocycles. The van der Waals surface area contributed by atoms with E-state index in [1.54, 1.807) is 19.2 Å². The maximum Gasteiger partial charge on any atom is 0.223 e. The number of carbonyl (C=O) groups excluding carboxylic acids is 1. The molecule has 0 saturated carbocycles. The number of nitrogens with zero attached hydrogens (tertiary/aromatic N) is 1. The highest BCUT2D eigenvalue weighted by Crippen LogP contribution is 2.27. The molecule has 3 rings (SSSR count). The van der Waals surface area contributed by atoms with E-state index in [-0.39, 0.29) is 23.7 Å². The molecule has 0 unspecified atom stereocenters. The summed E-state index contributed by atoms with van der Waals surface area (Å²) in [7, 11) is 1.65. The average molecular weight is 447 g/mol. The molecule has 1 N–H and O–H groups in total. The number of halogens is 2. The summed E-state index contributed by atoms with van der Waals surface area (Å²) in [5, 5.41) is 3.73. The summed E-state index contributed by atoms with van der Waals surface area (Å²) in [6.45, 7) is 6.30. The largest absolute Gasteiger partial charge is 0.497 e. The van der Waals surface area contributed by atoms with Crippen LogP contribution in [-0.2, 0) is 11.3 Å². The van der Waals surface area contributed by atoms with Crippen molar-refractivity contribution in [2.75, 3.05) is 20.2 Å². The number of likely N-dealkylation sites (tertiary alicyclic amines) is 1. The van der Waals surface area contributed by atoms with Gasteiger partial charge in [0.15, 0.2) is 0 Å². The minimum Gasteiger partial charge on any atom is -0.497 e. The molecule has 1 aliphatic heterocycles. The van der Waals surface area contributed by atoms with Crippen LogP contribution in [0, 0.1) is 17.7 Å². The summed E-state index contributed by atoms with van der Waals surface area (Å²) in [5.41, 5.74) is 1.62. The van der Waals surface area contributed by atoms with E-state index in [0.29, 0.717) is 23.0 Å². The molecule has 31 heavy (non-hydrogen) atoms. The van der Waals surface area contributed by atoms with E-state index in [9.17, 15) is 9.18 Å². The molecule has 0 spiro atoms. The lowest BCUT2D eigenvalue weighted by Crippen LogP contribution is -2.41. The summed E-state index contributed by atoms with van der Waals surface area (Å²) in [6, 6.07) is 12.7. The first-order valence-electron chi connectivity index (χ1n) is 11.0. The van der Waals surface area contributed by atoms with Crippen molar-refractivity contribution >= 4 is 17.5 Å². The van der Waals surface area contributed by atoms with Crippen LogP contribution in [0.2, 0.25) is 5.02 Å². The number of ether oxygens (including phenoxy) is 1. The van der Waals surface area contributed by atoms with E-state index >= 15 is 0 Å². The molecule has 168 valence electrons. The molecule has 1 fully saturated rings. The first-order valence-corrected chi connectivity index (χ1v) is 11.3. The molecule has 1 atom stereocenters. The van der Waals surface area contributed by atoms with Gasteiger partial charge in [0.05, 0.1) is 13.2 Å². The molecule has 1 amide bonds. The molecular weight excluding hydrogens is 415 g/mol. The fourth-order valence-electron chi connectivity index (χ4n) is 4.14. The van der Waals surface area contributed by atoms with Gasteiger partial charge in [0.2, 0.25) is 5.91 Å². The lowest BCUT2D eigenvalue weighted by molar-refractivity contribution is -0.127. The fraction of sp³-hybridized carbons (Fsp3) is 0.480. The molecule has 1 heterocycles. The Kier molecular flexibility index (Phi) is 8.33. The Morgan fingerprint density at radius 3 is 2.45 bits per heavy atom. The van der Waals surface area contributed by atoms with Gasteiger partial charge >= 0.3 is 0 Å². The number of amides is 1. The van der Waals surface area contributed by atoms with Crippen LogP contribution >= 0.6 is 11.6 Å². The SMILES string of the molecule is COc1ccc([C@H](CC(C)C)NC(=O)C2CCN(Cc3c(F)cccc3Cl)CC2)cc1. The quantitative estimate of drug-likeness (QED) is 0.573. The Balaban J connectivity index is 1.58. The lowest BCUT2D eigenvalue weighted by Gasteiger charge is -2.32. The van der Waals surface area contributed by atoms with E-state index < -0.39 is 0 Å². The molecule has 1 aliphatic rings. The van der Waals surface area contributed by atoms with Crippen LogP contribution in [0.15, 0.2) is 42.5 Å². The van der Waals surface area contributed by atoms with E-state index in [1.165, 1.54) is 6.07 Å². The normalized spacial score (nSPS) is 16.3. The summed E-state index contributed by atoms with van der Waals surface area (Å²) < 4.78 is 19.3. The van der Waals surface area contributed by atoms with Gasteiger partial charge in [0.25, 0.3) is 0 Å². The predicted octanol–water partition coefficient (Wildman–Crippen LogP) is 5.60. The van der Waals surface area contributed by atoms with Crippen molar-refractivity contribution in [3.05, 3.63) is 64.4 Å². The number of rotatable bonds is 8. The topological polar surface area (TPSA) is 41.6 Å². The van der Waals surface area contributed by atoms with Crippen LogP contribution in [0.1, 0.15) is 50.3 Å². The van der Waals surface area contributed by atoms with Crippen LogP contribution in [0.5, 0.6) is 5.75 Å². The van der Waals surface area contributed by atoms with Crippen molar-refractivity contribution in [3.8, 4) is 5.75 Å². The van der Waals surface area contributed by atoms with Crippen LogP contribution < -0.4 is 10.1 Å². The summed E-state index contributed by atoms with van der Waals surface area (Å²) in [5.74, 6) is 1.06. The standard InChI is InChI=1S/C25H32ClFN2O2/c1-17(2)15-24(18-7-9-20(31-3)10-8-18)28-25(30)19-11-13-29(14-12-19)16-21-22(26)5-4-6-23(21)27/h4-10,17,19,24H,11-16H2,1-3H3,(H,28,30)/t24-/m0/s1. The van der Waals surface area contributed by atoms with Gasteiger partial charge < -0.3 is 10.1 Å². The van der Waals surface area contributed by atoms with Crippen molar-refractivity contribution < 1.29 is 13.9 Å². The van der Waals surface area contributed by atoms with E-state index in [0.717, 1.165) is 43.7 Å². The Morgan fingerprint density at radius 1 is 1.19 bits per heavy atom. The molecular formula is C25H32ClFN2O2. The third-order valence-electron chi connectivity index (χ3n) is 5.94. The molecule has 0 radical (unpaired) electrons. The predicted molar refractivity (Wildman–Crippen MR) is 123 cm³/mol. The maximum atomic E-state index is 14.1. The average Bonchev–Trinajstić information content (AvgIpc) is 2.76. The first kappa shape index (κ1) is 23.6. The highest BCUT2D eigenvalue weighted by Gasteiger charge is 2.28. The summed E-state index contributed by atoms with van der Waals surface area (Å²) in [4.78, 5) is 15.2. The van der Waals surface area contributed by atoms with Crippen LogP contribution in [0.4, 0.5) is 4.39 Å². The second kappa shape index (κ2) is 11.0. The van der Waals surface area contributed by atoms with Gasteiger partial charge in [-0.3, -0.25) is 9.69 Å². The molecule has 4 nitrogen and oxygen atoms in total. The summed E-state index contributed by atoms with van der Waals surface area (Å²) in [6.07, 6.45) is 2.40. The number of hydrogen-bond acceptors (Lipinski definition) is 3. The van der Waals surface area contributed by atoms with Crippen LogP contribution in [-0.4, -0.2) is 31.0 Å². The number of carbonyl (C=O) groups is 1. The molecule has 1 saturated heterocycles. The lowest BCUT2D eigenvalue weighted by atomic mass is 9.92. The maximum absolute atomic E-state index is 14.1. The number of piperidine rings is 1. The third kappa shape index (κ3) is 6.44. The van der Waals surface area contributed by atoms with Crippen LogP contribution in [0.3, 0.4) is 0 Å². The Morgan fingerprint density at radius 2 is 1.87 bits per heavy atom. The monoisotopic (exact) mass is 446 g/mol. The molecule has 0 bridgehead atoms. The molecule has 0 aliphatic carbocycles. The minimum atomic E-state index is -0.275. The second-order valence-corrected chi connectivity index (χ2v) is 9.12. The van der Waals surface area contributed by atoms with E-state index in [1.807, 2.05) is 24.3 Å². The fourth-order valence-corrected chi connectivity index (χ4v) is 4.36. The smallest absolute Gasteiger partial charge is 0.223 e. The minimum absolute atomic E-state index is 0.0198. The number of benzene rings is 2. The van der Waals surface area contributed by atoms with Gasteiger partial charge in [0.1, 0.15) is 11.6 Å². The molecule has 2 aromatic rings. The second-order valence-electron chi connectivity index (χ2n) is 8.71. The molecule has 6 heteroatoms. The van der Waals surface area contributed by atoms with E-state index in [2.05, 4.69) is 24.1 Å². The Hall–Kier alpha value is -2.11. The Labute approximate surface area is 189 Å². The summed E-state index contributed by atoms with van der Waals surface area (Å²) >= 11 is 6.17. The first-order chi connectivity index (χ1) is 14.9. The Bertz CT molecular complexity index is 844. The highest BCUT2D eigenvalue weighted by molar-refractivity contribution is 6.31. The van der Waals surface area contributed by atoms with Gasteiger partial charge in [-0.1, -0.05) is 43.6 Å².